The molecule has 2 aliphatic heterocycles. The highest BCUT2D eigenvalue weighted by molar-refractivity contribution is 5.95. The number of carbonyl (C=O) groups excluding carboxylic acids is 2. The molecule has 1 saturated heterocycles. The van der Waals surface area contributed by atoms with Gasteiger partial charge in [0.2, 0.25) is 12.7 Å². The van der Waals surface area contributed by atoms with Gasteiger partial charge in [0.05, 0.1) is 0 Å². The SMILES string of the molecule is CC(C)(C)c1ccc(/C=C/C(=O)N2CCN(C(=O)c3ccc4c(c3)OCO4)CC2)cc1. The first-order valence-corrected chi connectivity index (χ1v) is 10.6. The molecule has 0 unspecified atom stereocenters. The van der Waals surface area contributed by atoms with Crippen molar-refractivity contribution in [2.24, 2.45) is 0 Å². The second-order valence-electron chi connectivity index (χ2n) is 8.89. The standard InChI is InChI=1S/C25H28N2O4/c1-25(2,3)20-8-4-18(5-9-20)6-11-23(28)26-12-14-27(15-13-26)24(29)19-7-10-21-22(16-19)31-17-30-21/h4-11,16H,12-15,17H2,1-3H3/b11-6+. The summed E-state index contributed by atoms with van der Waals surface area (Å²) >= 11 is 0. The number of benzene rings is 2. The summed E-state index contributed by atoms with van der Waals surface area (Å²) in [4.78, 5) is 28.9. The van der Waals surface area contributed by atoms with Crippen molar-refractivity contribution in [2.45, 2.75) is 26.2 Å². The Morgan fingerprint density at radius 3 is 2.19 bits per heavy atom. The molecule has 6 nitrogen and oxygen atoms in total. The molecule has 31 heavy (non-hydrogen) atoms. The molecule has 0 aliphatic carbocycles. The van der Waals surface area contributed by atoms with Crippen molar-refractivity contribution < 1.29 is 19.1 Å². The lowest BCUT2D eigenvalue weighted by Gasteiger charge is -2.34. The van der Waals surface area contributed by atoms with Gasteiger partial charge in [0.25, 0.3) is 5.91 Å². The number of hydrogen-bond acceptors (Lipinski definition) is 4. The zero-order valence-electron chi connectivity index (χ0n) is 18.3. The van der Waals surface area contributed by atoms with Crippen molar-refractivity contribution in [1.29, 1.82) is 0 Å². The molecule has 2 amide bonds. The van der Waals surface area contributed by atoms with Gasteiger partial charge in [-0.15, -0.1) is 0 Å². The van der Waals surface area contributed by atoms with Crippen LogP contribution in [0.4, 0.5) is 0 Å². The second kappa shape index (κ2) is 8.46. The van der Waals surface area contributed by atoms with Crippen LogP contribution in [0, 0.1) is 0 Å². The molecule has 0 spiro atoms. The third-order valence-electron chi connectivity index (χ3n) is 5.69. The van der Waals surface area contributed by atoms with Crippen LogP contribution < -0.4 is 9.47 Å². The fourth-order valence-electron chi connectivity index (χ4n) is 3.71. The molecular weight excluding hydrogens is 392 g/mol. The lowest BCUT2D eigenvalue weighted by molar-refractivity contribution is -0.127. The summed E-state index contributed by atoms with van der Waals surface area (Å²) in [5.41, 5.74) is 2.94. The van der Waals surface area contributed by atoms with Gasteiger partial charge >= 0.3 is 0 Å². The molecule has 4 rings (SSSR count). The van der Waals surface area contributed by atoms with Gasteiger partial charge in [-0.25, -0.2) is 0 Å². The van der Waals surface area contributed by atoms with Crippen molar-refractivity contribution in [3.8, 4) is 11.5 Å². The van der Waals surface area contributed by atoms with Crippen LogP contribution >= 0.6 is 0 Å². The molecule has 0 bridgehead atoms. The van der Waals surface area contributed by atoms with E-state index < -0.39 is 0 Å². The van der Waals surface area contributed by atoms with Gasteiger partial charge in [0.15, 0.2) is 11.5 Å². The predicted molar refractivity (Wildman–Crippen MR) is 119 cm³/mol. The van der Waals surface area contributed by atoms with Crippen molar-refractivity contribution in [3.63, 3.8) is 0 Å². The quantitative estimate of drug-likeness (QED) is 0.711. The van der Waals surface area contributed by atoms with Crippen LogP contribution in [0.5, 0.6) is 11.5 Å². The summed E-state index contributed by atoms with van der Waals surface area (Å²) in [6, 6.07) is 13.5. The minimum absolute atomic E-state index is 0.0323. The molecule has 0 saturated carbocycles. The predicted octanol–water partition coefficient (Wildman–Crippen LogP) is 3.71. The van der Waals surface area contributed by atoms with Gasteiger partial charge in [-0.2, -0.15) is 0 Å². The molecule has 0 radical (unpaired) electrons. The van der Waals surface area contributed by atoms with Crippen LogP contribution in [0.25, 0.3) is 6.08 Å². The maximum Gasteiger partial charge on any atom is 0.254 e. The Morgan fingerprint density at radius 1 is 0.871 bits per heavy atom. The summed E-state index contributed by atoms with van der Waals surface area (Å²) in [5.74, 6) is 1.17. The Kier molecular flexibility index (Phi) is 5.72. The molecule has 6 heteroatoms. The average molecular weight is 421 g/mol. The van der Waals surface area contributed by atoms with E-state index in [0.717, 1.165) is 5.56 Å². The zero-order valence-corrected chi connectivity index (χ0v) is 18.3. The van der Waals surface area contributed by atoms with Gasteiger partial charge in [-0.3, -0.25) is 9.59 Å². The number of nitrogens with zero attached hydrogens (tertiary/aromatic N) is 2. The van der Waals surface area contributed by atoms with E-state index in [1.165, 1.54) is 5.56 Å². The van der Waals surface area contributed by atoms with E-state index in [1.807, 2.05) is 18.2 Å². The van der Waals surface area contributed by atoms with Crippen molar-refractivity contribution in [1.82, 2.24) is 9.80 Å². The maximum atomic E-state index is 12.8. The van der Waals surface area contributed by atoms with Crippen LogP contribution in [0.2, 0.25) is 0 Å². The molecule has 2 heterocycles. The lowest BCUT2D eigenvalue weighted by atomic mass is 9.87. The topological polar surface area (TPSA) is 59.1 Å². The minimum atomic E-state index is -0.0557. The third kappa shape index (κ3) is 4.74. The molecule has 0 aromatic heterocycles. The summed E-state index contributed by atoms with van der Waals surface area (Å²) in [6.45, 7) is 8.77. The molecule has 2 aliphatic rings. The van der Waals surface area contributed by atoms with Crippen molar-refractivity contribution in [2.75, 3.05) is 33.0 Å². The number of piperazine rings is 1. The number of ether oxygens (including phenoxy) is 2. The number of amides is 2. The Bertz CT molecular complexity index is 997. The van der Waals surface area contributed by atoms with Crippen molar-refractivity contribution in [3.05, 3.63) is 65.2 Å². The minimum Gasteiger partial charge on any atom is -0.454 e. The van der Waals surface area contributed by atoms with E-state index in [1.54, 1.807) is 34.1 Å². The van der Waals surface area contributed by atoms with Crippen LogP contribution in [0.3, 0.4) is 0 Å². The van der Waals surface area contributed by atoms with E-state index in [0.29, 0.717) is 43.2 Å². The van der Waals surface area contributed by atoms with E-state index in [-0.39, 0.29) is 24.0 Å². The monoisotopic (exact) mass is 420 g/mol. The Morgan fingerprint density at radius 2 is 1.52 bits per heavy atom. The number of fused-ring (bicyclic) bond motifs is 1. The third-order valence-corrected chi connectivity index (χ3v) is 5.69. The van der Waals surface area contributed by atoms with Gasteiger partial charge in [0.1, 0.15) is 0 Å². The molecule has 2 aromatic carbocycles. The maximum absolute atomic E-state index is 12.8. The van der Waals surface area contributed by atoms with Crippen LogP contribution in [0.15, 0.2) is 48.5 Å². The van der Waals surface area contributed by atoms with E-state index in [9.17, 15) is 9.59 Å². The van der Waals surface area contributed by atoms with Gasteiger partial charge < -0.3 is 19.3 Å². The highest BCUT2D eigenvalue weighted by Gasteiger charge is 2.25. The Hall–Kier alpha value is -3.28. The zero-order chi connectivity index (χ0) is 22.0. The smallest absolute Gasteiger partial charge is 0.254 e. The van der Waals surface area contributed by atoms with Crippen LogP contribution in [0.1, 0.15) is 42.3 Å². The second-order valence-corrected chi connectivity index (χ2v) is 8.89. The molecule has 0 atom stereocenters. The lowest BCUT2D eigenvalue weighted by Crippen LogP contribution is -2.50. The summed E-state index contributed by atoms with van der Waals surface area (Å²) in [7, 11) is 0. The highest BCUT2D eigenvalue weighted by Crippen LogP contribution is 2.33. The van der Waals surface area contributed by atoms with Crippen LogP contribution in [-0.2, 0) is 10.2 Å². The summed E-state index contributed by atoms with van der Waals surface area (Å²) in [5, 5.41) is 0. The summed E-state index contributed by atoms with van der Waals surface area (Å²) in [6.07, 6.45) is 3.46. The van der Waals surface area contributed by atoms with Gasteiger partial charge in [-0.1, -0.05) is 45.0 Å². The first-order chi connectivity index (χ1) is 14.8. The molecule has 2 aromatic rings. The first kappa shape index (κ1) is 21.0. The number of hydrogen-bond donors (Lipinski definition) is 0. The normalized spacial score (nSPS) is 16.1. The first-order valence-electron chi connectivity index (χ1n) is 10.6. The number of rotatable bonds is 3. The van der Waals surface area contributed by atoms with E-state index in [2.05, 4.69) is 32.9 Å². The fourth-order valence-corrected chi connectivity index (χ4v) is 3.71. The van der Waals surface area contributed by atoms with Gasteiger partial charge in [-0.05, 0) is 40.8 Å². The Labute approximate surface area is 183 Å². The average Bonchev–Trinajstić information content (AvgIpc) is 3.24. The summed E-state index contributed by atoms with van der Waals surface area (Å²) < 4.78 is 10.7. The molecular formula is C25H28N2O4. The van der Waals surface area contributed by atoms with E-state index in [4.69, 9.17) is 9.47 Å². The fraction of sp³-hybridized carbons (Fsp3) is 0.360. The van der Waals surface area contributed by atoms with E-state index >= 15 is 0 Å². The largest absolute Gasteiger partial charge is 0.454 e. The molecule has 1 fully saturated rings. The van der Waals surface area contributed by atoms with Crippen LogP contribution in [-0.4, -0.2) is 54.6 Å². The molecule has 162 valence electrons. The molecule has 0 N–H and O–H groups in total. The highest BCUT2D eigenvalue weighted by atomic mass is 16.7. The van der Waals surface area contributed by atoms with Gasteiger partial charge in [0, 0.05) is 37.8 Å². The number of carbonyl (C=O) groups is 2. The van der Waals surface area contributed by atoms with Crippen molar-refractivity contribution >= 4 is 17.9 Å². The Balaban J connectivity index is 1.31.